The van der Waals surface area contributed by atoms with Crippen LogP contribution < -0.4 is 5.73 Å². The van der Waals surface area contributed by atoms with E-state index in [1.54, 1.807) is 19.4 Å². The van der Waals surface area contributed by atoms with Crippen LogP contribution in [-0.2, 0) is 16.4 Å². The Morgan fingerprint density at radius 2 is 1.80 bits per heavy atom. The van der Waals surface area contributed by atoms with E-state index < -0.39 is 15.6 Å². The SMILES string of the molecule is CCC(CC)(CN)N(C)S(=O)(=O)CCc1ccncc1. The molecular weight excluding hydrogens is 274 g/mol. The summed E-state index contributed by atoms with van der Waals surface area (Å²) < 4.78 is 26.4. The molecule has 0 saturated carbocycles. The third-order valence-corrected chi connectivity index (χ3v) is 6.12. The van der Waals surface area contributed by atoms with Gasteiger partial charge < -0.3 is 5.73 Å². The molecule has 0 fully saturated rings. The zero-order chi connectivity index (χ0) is 15.2. The minimum absolute atomic E-state index is 0.0925. The quantitative estimate of drug-likeness (QED) is 0.787. The van der Waals surface area contributed by atoms with E-state index in [4.69, 9.17) is 5.73 Å². The Labute approximate surface area is 122 Å². The smallest absolute Gasteiger partial charge is 0.214 e. The molecular formula is C14H25N3O2S. The van der Waals surface area contributed by atoms with Crippen LogP contribution in [0.25, 0.3) is 0 Å². The van der Waals surface area contributed by atoms with Crippen LogP contribution in [0.2, 0.25) is 0 Å². The van der Waals surface area contributed by atoms with Crippen molar-refractivity contribution in [3.05, 3.63) is 30.1 Å². The zero-order valence-corrected chi connectivity index (χ0v) is 13.4. The molecule has 0 radical (unpaired) electrons. The van der Waals surface area contributed by atoms with Gasteiger partial charge >= 0.3 is 0 Å². The molecule has 1 aromatic heterocycles. The van der Waals surface area contributed by atoms with Crippen LogP contribution in [0.5, 0.6) is 0 Å². The van der Waals surface area contributed by atoms with E-state index >= 15 is 0 Å². The van der Waals surface area contributed by atoms with Crippen LogP contribution in [0.3, 0.4) is 0 Å². The Hall–Kier alpha value is -0.980. The summed E-state index contributed by atoms with van der Waals surface area (Å²) >= 11 is 0. The summed E-state index contributed by atoms with van der Waals surface area (Å²) in [6.45, 7) is 4.29. The van der Waals surface area contributed by atoms with E-state index in [-0.39, 0.29) is 5.75 Å². The van der Waals surface area contributed by atoms with E-state index in [0.29, 0.717) is 25.8 Å². The number of hydrogen-bond donors (Lipinski definition) is 1. The van der Waals surface area contributed by atoms with Crippen molar-refractivity contribution in [3.8, 4) is 0 Å². The van der Waals surface area contributed by atoms with Crippen molar-refractivity contribution in [3.63, 3.8) is 0 Å². The summed E-state index contributed by atoms with van der Waals surface area (Å²) in [7, 11) is -1.68. The molecule has 20 heavy (non-hydrogen) atoms. The minimum atomic E-state index is -3.32. The van der Waals surface area contributed by atoms with Crippen molar-refractivity contribution in [2.45, 2.75) is 38.6 Å². The number of nitrogens with two attached hydrogens (primary N) is 1. The Morgan fingerprint density at radius 1 is 1.25 bits per heavy atom. The molecule has 6 heteroatoms. The van der Waals surface area contributed by atoms with Crippen LogP contribution in [0.15, 0.2) is 24.5 Å². The van der Waals surface area contributed by atoms with Crippen LogP contribution in [-0.4, -0.2) is 42.6 Å². The van der Waals surface area contributed by atoms with E-state index in [2.05, 4.69) is 4.98 Å². The Bertz CT molecular complexity index is 490. The molecule has 0 spiro atoms. The van der Waals surface area contributed by atoms with Crippen LogP contribution in [0.1, 0.15) is 32.3 Å². The van der Waals surface area contributed by atoms with Crippen molar-refractivity contribution < 1.29 is 8.42 Å². The highest BCUT2D eigenvalue weighted by atomic mass is 32.2. The highest BCUT2D eigenvalue weighted by Crippen LogP contribution is 2.24. The van der Waals surface area contributed by atoms with Gasteiger partial charge in [0.15, 0.2) is 0 Å². The number of aromatic nitrogens is 1. The number of aryl methyl sites for hydroxylation is 1. The third kappa shape index (κ3) is 3.77. The van der Waals surface area contributed by atoms with Crippen molar-refractivity contribution in [2.75, 3.05) is 19.3 Å². The van der Waals surface area contributed by atoms with Gasteiger partial charge in [0.25, 0.3) is 0 Å². The predicted molar refractivity (Wildman–Crippen MR) is 81.9 cm³/mol. The Kier molecular flexibility index (Phi) is 6.10. The standard InChI is InChI=1S/C14H25N3O2S/c1-4-14(5-2,12-15)17(3)20(18,19)11-8-13-6-9-16-10-7-13/h6-7,9-10H,4-5,8,11-12,15H2,1-3H3. The Balaban J connectivity index is 2.82. The van der Waals surface area contributed by atoms with Gasteiger partial charge in [0.1, 0.15) is 0 Å². The largest absolute Gasteiger partial charge is 0.329 e. The number of nitrogens with zero attached hydrogens (tertiary/aromatic N) is 2. The molecule has 5 nitrogen and oxygen atoms in total. The van der Waals surface area contributed by atoms with Gasteiger partial charge in [-0.15, -0.1) is 0 Å². The first-order chi connectivity index (χ1) is 9.41. The molecule has 0 aliphatic rings. The molecule has 1 rings (SSSR count). The number of hydrogen-bond acceptors (Lipinski definition) is 4. The lowest BCUT2D eigenvalue weighted by Crippen LogP contribution is -2.54. The maximum Gasteiger partial charge on any atom is 0.214 e. The molecule has 0 aliphatic carbocycles. The summed E-state index contributed by atoms with van der Waals surface area (Å²) in [5, 5.41) is 0. The lowest BCUT2D eigenvalue weighted by molar-refractivity contribution is 0.208. The minimum Gasteiger partial charge on any atom is -0.329 e. The molecule has 2 N–H and O–H groups in total. The number of rotatable bonds is 8. The fourth-order valence-corrected chi connectivity index (χ4v) is 4.03. The lowest BCUT2D eigenvalue weighted by atomic mass is 9.93. The monoisotopic (exact) mass is 299 g/mol. The first-order valence-corrected chi connectivity index (χ1v) is 8.58. The van der Waals surface area contributed by atoms with Crippen LogP contribution in [0.4, 0.5) is 0 Å². The molecule has 0 atom stereocenters. The molecule has 0 unspecified atom stereocenters. The van der Waals surface area contributed by atoms with Gasteiger partial charge in [0, 0.05) is 31.5 Å². The number of pyridine rings is 1. The second kappa shape index (κ2) is 7.15. The predicted octanol–water partition coefficient (Wildman–Crippen LogP) is 1.40. The van der Waals surface area contributed by atoms with Crippen molar-refractivity contribution in [1.29, 1.82) is 0 Å². The maximum absolute atomic E-state index is 12.5. The summed E-state index contributed by atoms with van der Waals surface area (Å²) in [6.07, 6.45) is 5.26. The summed E-state index contributed by atoms with van der Waals surface area (Å²) in [4.78, 5) is 3.93. The van der Waals surface area contributed by atoms with E-state index in [0.717, 1.165) is 5.56 Å². The molecule has 0 aliphatic heterocycles. The van der Waals surface area contributed by atoms with E-state index in [1.807, 2.05) is 26.0 Å². The highest BCUT2D eigenvalue weighted by molar-refractivity contribution is 7.89. The van der Waals surface area contributed by atoms with Gasteiger partial charge in [0.05, 0.1) is 5.75 Å². The van der Waals surface area contributed by atoms with Crippen molar-refractivity contribution in [1.82, 2.24) is 9.29 Å². The zero-order valence-electron chi connectivity index (χ0n) is 12.5. The average Bonchev–Trinajstić information content (AvgIpc) is 2.48. The number of likely N-dealkylation sites (N-methyl/N-ethyl adjacent to an activating group) is 1. The molecule has 114 valence electrons. The normalized spacial score (nSPS) is 12.8. The van der Waals surface area contributed by atoms with Gasteiger partial charge in [-0.05, 0) is 37.0 Å². The average molecular weight is 299 g/mol. The molecule has 0 amide bonds. The van der Waals surface area contributed by atoms with Gasteiger partial charge in [-0.2, -0.15) is 4.31 Å². The first-order valence-electron chi connectivity index (χ1n) is 6.97. The molecule has 1 aromatic rings. The van der Waals surface area contributed by atoms with Crippen molar-refractivity contribution >= 4 is 10.0 Å². The summed E-state index contributed by atoms with van der Waals surface area (Å²) in [5.41, 5.74) is 6.32. The van der Waals surface area contributed by atoms with Crippen LogP contribution in [0, 0.1) is 0 Å². The lowest BCUT2D eigenvalue weighted by Gasteiger charge is -2.39. The van der Waals surface area contributed by atoms with Crippen molar-refractivity contribution in [2.24, 2.45) is 5.73 Å². The van der Waals surface area contributed by atoms with Gasteiger partial charge in [0.2, 0.25) is 10.0 Å². The molecule has 0 aromatic carbocycles. The van der Waals surface area contributed by atoms with E-state index in [9.17, 15) is 8.42 Å². The Morgan fingerprint density at radius 3 is 2.25 bits per heavy atom. The third-order valence-electron chi connectivity index (χ3n) is 4.18. The molecule has 0 bridgehead atoms. The van der Waals surface area contributed by atoms with Gasteiger partial charge in [-0.25, -0.2) is 8.42 Å². The molecule has 1 heterocycles. The second-order valence-corrected chi connectivity index (χ2v) is 7.14. The summed E-state index contributed by atoms with van der Waals surface area (Å²) in [5.74, 6) is 0.0925. The van der Waals surface area contributed by atoms with Crippen LogP contribution >= 0.6 is 0 Å². The number of sulfonamides is 1. The van der Waals surface area contributed by atoms with Gasteiger partial charge in [-0.3, -0.25) is 4.98 Å². The molecule has 0 saturated heterocycles. The maximum atomic E-state index is 12.5. The van der Waals surface area contributed by atoms with Gasteiger partial charge in [-0.1, -0.05) is 13.8 Å². The fraction of sp³-hybridized carbons (Fsp3) is 0.643. The topological polar surface area (TPSA) is 76.3 Å². The summed E-state index contributed by atoms with van der Waals surface area (Å²) in [6, 6.07) is 3.68. The first kappa shape index (κ1) is 17.1. The second-order valence-electron chi connectivity index (χ2n) is 5.02. The highest BCUT2D eigenvalue weighted by Gasteiger charge is 2.36. The fourth-order valence-electron chi connectivity index (χ4n) is 2.34. The van der Waals surface area contributed by atoms with E-state index in [1.165, 1.54) is 4.31 Å².